The van der Waals surface area contributed by atoms with Gasteiger partial charge in [-0.2, -0.15) is 4.98 Å². The first-order valence-corrected chi connectivity index (χ1v) is 5.51. The maximum absolute atomic E-state index is 5.67. The molecule has 1 fully saturated rings. The molecule has 1 aliphatic heterocycles. The minimum atomic E-state index is -0.187. The second-order valence-electron chi connectivity index (χ2n) is 4.41. The Morgan fingerprint density at radius 3 is 3.00 bits per heavy atom. The third-order valence-corrected chi connectivity index (χ3v) is 2.76. The van der Waals surface area contributed by atoms with Crippen molar-refractivity contribution in [1.82, 2.24) is 10.1 Å². The van der Waals surface area contributed by atoms with Crippen LogP contribution in [0.4, 0.5) is 5.95 Å². The van der Waals surface area contributed by atoms with Crippen LogP contribution in [0.25, 0.3) is 0 Å². The molecule has 2 N–H and O–H groups in total. The molecular weight excluding hydrogens is 192 g/mol. The van der Waals surface area contributed by atoms with Crippen molar-refractivity contribution in [2.45, 2.75) is 32.7 Å². The van der Waals surface area contributed by atoms with Crippen molar-refractivity contribution < 1.29 is 4.52 Å². The number of rotatable bonds is 2. The van der Waals surface area contributed by atoms with Gasteiger partial charge in [0, 0.05) is 13.1 Å². The molecule has 1 aromatic heterocycles. The van der Waals surface area contributed by atoms with E-state index in [-0.39, 0.29) is 6.04 Å². The van der Waals surface area contributed by atoms with Crippen molar-refractivity contribution in [2.24, 2.45) is 11.7 Å². The van der Waals surface area contributed by atoms with Gasteiger partial charge in [0.05, 0.1) is 6.04 Å². The maximum Gasteiger partial charge on any atom is 0.266 e. The van der Waals surface area contributed by atoms with Gasteiger partial charge in [0.1, 0.15) is 0 Å². The Hall–Kier alpha value is -1.10. The molecule has 15 heavy (non-hydrogen) atoms. The molecule has 2 heterocycles. The predicted molar refractivity (Wildman–Crippen MR) is 57.5 cm³/mol. The standard InChI is InChI=1S/C10H18N4O/c1-7-4-3-5-14(6-7)10-12-9(8(2)11)15-13-10/h7-8H,3-6,11H2,1-2H3. The zero-order valence-electron chi connectivity index (χ0n) is 9.31. The van der Waals surface area contributed by atoms with E-state index in [9.17, 15) is 0 Å². The molecule has 1 aromatic rings. The third kappa shape index (κ3) is 2.28. The first kappa shape index (κ1) is 10.4. The van der Waals surface area contributed by atoms with Gasteiger partial charge in [-0.3, -0.25) is 0 Å². The highest BCUT2D eigenvalue weighted by Crippen LogP contribution is 2.21. The van der Waals surface area contributed by atoms with E-state index in [1.54, 1.807) is 0 Å². The molecule has 84 valence electrons. The summed E-state index contributed by atoms with van der Waals surface area (Å²) in [5.41, 5.74) is 5.67. The molecule has 5 nitrogen and oxygen atoms in total. The summed E-state index contributed by atoms with van der Waals surface area (Å²) in [6.07, 6.45) is 2.48. The molecule has 2 rings (SSSR count). The summed E-state index contributed by atoms with van der Waals surface area (Å²) in [6.45, 7) is 6.12. The first-order valence-electron chi connectivity index (χ1n) is 5.51. The van der Waals surface area contributed by atoms with Crippen LogP contribution in [-0.2, 0) is 0 Å². The molecule has 0 spiro atoms. The van der Waals surface area contributed by atoms with Gasteiger partial charge in [-0.1, -0.05) is 6.92 Å². The third-order valence-electron chi connectivity index (χ3n) is 2.76. The molecule has 5 heteroatoms. The quantitative estimate of drug-likeness (QED) is 0.797. The molecule has 1 saturated heterocycles. The van der Waals surface area contributed by atoms with Crippen molar-refractivity contribution in [1.29, 1.82) is 0 Å². The van der Waals surface area contributed by atoms with Crippen molar-refractivity contribution in [3.05, 3.63) is 5.89 Å². The van der Waals surface area contributed by atoms with Gasteiger partial charge in [0.25, 0.3) is 5.95 Å². The van der Waals surface area contributed by atoms with E-state index in [4.69, 9.17) is 10.3 Å². The highest BCUT2D eigenvalue weighted by molar-refractivity contribution is 5.28. The van der Waals surface area contributed by atoms with Crippen LogP contribution >= 0.6 is 0 Å². The largest absolute Gasteiger partial charge is 0.338 e. The maximum atomic E-state index is 5.67. The Balaban J connectivity index is 2.08. The normalized spacial score (nSPS) is 24.2. The van der Waals surface area contributed by atoms with Gasteiger partial charge in [-0.05, 0) is 30.8 Å². The Morgan fingerprint density at radius 1 is 1.60 bits per heavy atom. The number of piperidine rings is 1. The minimum Gasteiger partial charge on any atom is -0.338 e. The number of hydrogen-bond acceptors (Lipinski definition) is 5. The van der Waals surface area contributed by atoms with Crippen LogP contribution in [0, 0.1) is 5.92 Å². The van der Waals surface area contributed by atoms with Crippen LogP contribution < -0.4 is 10.6 Å². The van der Waals surface area contributed by atoms with Gasteiger partial charge in [-0.15, -0.1) is 0 Å². The smallest absolute Gasteiger partial charge is 0.266 e. The molecule has 0 aliphatic carbocycles. The molecule has 0 bridgehead atoms. The highest BCUT2D eigenvalue weighted by atomic mass is 16.5. The molecular formula is C10H18N4O. The van der Waals surface area contributed by atoms with Gasteiger partial charge < -0.3 is 15.2 Å². The summed E-state index contributed by atoms with van der Waals surface area (Å²) in [5, 5.41) is 3.96. The van der Waals surface area contributed by atoms with Gasteiger partial charge >= 0.3 is 0 Å². The summed E-state index contributed by atoms with van der Waals surface area (Å²) >= 11 is 0. The Bertz CT molecular complexity index is 323. The number of hydrogen-bond donors (Lipinski definition) is 1. The summed E-state index contributed by atoms with van der Waals surface area (Å²) in [7, 11) is 0. The number of nitrogens with two attached hydrogens (primary N) is 1. The SMILES string of the molecule is CC1CCCN(c2noc(C(C)N)n2)C1. The van der Waals surface area contributed by atoms with E-state index in [2.05, 4.69) is 22.0 Å². The molecule has 0 aromatic carbocycles. The van der Waals surface area contributed by atoms with Crippen LogP contribution in [0.1, 0.15) is 38.6 Å². The van der Waals surface area contributed by atoms with E-state index >= 15 is 0 Å². The fourth-order valence-corrected chi connectivity index (χ4v) is 1.91. The Morgan fingerprint density at radius 2 is 2.40 bits per heavy atom. The van der Waals surface area contributed by atoms with Crippen LogP contribution in [0.2, 0.25) is 0 Å². The molecule has 0 radical (unpaired) electrons. The second kappa shape index (κ2) is 4.18. The molecule has 2 unspecified atom stereocenters. The van der Waals surface area contributed by atoms with Gasteiger partial charge in [0.15, 0.2) is 0 Å². The fourth-order valence-electron chi connectivity index (χ4n) is 1.91. The highest BCUT2D eigenvalue weighted by Gasteiger charge is 2.21. The van der Waals surface area contributed by atoms with Crippen molar-refractivity contribution in [2.75, 3.05) is 18.0 Å². The first-order chi connectivity index (χ1) is 7.16. The van der Waals surface area contributed by atoms with Crippen LogP contribution in [-0.4, -0.2) is 23.2 Å². The average molecular weight is 210 g/mol. The zero-order valence-corrected chi connectivity index (χ0v) is 9.31. The van der Waals surface area contributed by atoms with Gasteiger partial charge in [0.2, 0.25) is 5.89 Å². The monoisotopic (exact) mass is 210 g/mol. The second-order valence-corrected chi connectivity index (χ2v) is 4.41. The molecule has 2 atom stereocenters. The van der Waals surface area contributed by atoms with E-state index in [0.717, 1.165) is 13.1 Å². The minimum absolute atomic E-state index is 0.187. The summed E-state index contributed by atoms with van der Waals surface area (Å²) < 4.78 is 5.09. The molecule has 0 saturated carbocycles. The summed E-state index contributed by atoms with van der Waals surface area (Å²) in [5.74, 6) is 1.91. The molecule has 1 aliphatic rings. The van der Waals surface area contributed by atoms with Crippen LogP contribution in [0.15, 0.2) is 4.52 Å². The summed E-state index contributed by atoms with van der Waals surface area (Å²) in [6, 6.07) is -0.187. The van der Waals surface area contributed by atoms with Gasteiger partial charge in [-0.25, -0.2) is 0 Å². The zero-order chi connectivity index (χ0) is 10.8. The Kier molecular flexibility index (Phi) is 2.90. The van der Waals surface area contributed by atoms with Crippen LogP contribution in [0.5, 0.6) is 0 Å². The fraction of sp³-hybridized carbons (Fsp3) is 0.800. The van der Waals surface area contributed by atoms with Crippen LogP contribution in [0.3, 0.4) is 0 Å². The average Bonchev–Trinajstić information content (AvgIpc) is 2.66. The Labute approximate surface area is 89.6 Å². The predicted octanol–water partition coefficient (Wildman–Crippen LogP) is 1.33. The number of anilines is 1. The topological polar surface area (TPSA) is 68.2 Å². The summed E-state index contributed by atoms with van der Waals surface area (Å²) in [4.78, 5) is 6.46. The van der Waals surface area contributed by atoms with E-state index < -0.39 is 0 Å². The van der Waals surface area contributed by atoms with Crippen molar-refractivity contribution in [3.8, 4) is 0 Å². The van der Waals surface area contributed by atoms with E-state index in [0.29, 0.717) is 17.8 Å². The van der Waals surface area contributed by atoms with E-state index in [1.807, 2.05) is 6.92 Å². The van der Waals surface area contributed by atoms with E-state index in [1.165, 1.54) is 12.8 Å². The lowest BCUT2D eigenvalue weighted by Crippen LogP contribution is -2.34. The van der Waals surface area contributed by atoms with Crippen molar-refractivity contribution in [3.63, 3.8) is 0 Å². The molecule has 0 amide bonds. The number of nitrogens with zero attached hydrogens (tertiary/aromatic N) is 3. The number of aromatic nitrogens is 2. The van der Waals surface area contributed by atoms with Crippen molar-refractivity contribution >= 4 is 5.95 Å². The lowest BCUT2D eigenvalue weighted by Gasteiger charge is -2.29. The lowest BCUT2D eigenvalue weighted by molar-refractivity contribution is 0.358. The lowest BCUT2D eigenvalue weighted by atomic mass is 10.0.